The maximum Gasteiger partial charge on any atom is 0.247 e. The number of aromatic nitrogens is 2. The molecule has 2 aromatic rings. The molecular formula is C18H23N3O3. The second-order valence-corrected chi connectivity index (χ2v) is 6.04. The standard InChI is InChI=1S/C18H23N3O3/c1-13(21-10-4-9-19-21)18(22)20(15-5-6-15)12-14-11-16(23-2)7-8-17(14)24-3/h4,7-11,13,15H,5-6,12H2,1-3H3. The first kappa shape index (κ1) is 16.4. The van der Waals surface area contributed by atoms with Crippen molar-refractivity contribution in [3.8, 4) is 11.5 Å². The number of rotatable bonds is 7. The van der Waals surface area contributed by atoms with E-state index < -0.39 is 0 Å². The minimum absolute atomic E-state index is 0.0751. The first-order valence-corrected chi connectivity index (χ1v) is 8.14. The minimum Gasteiger partial charge on any atom is -0.497 e. The van der Waals surface area contributed by atoms with Crippen molar-refractivity contribution in [1.29, 1.82) is 0 Å². The Hall–Kier alpha value is -2.50. The van der Waals surface area contributed by atoms with Gasteiger partial charge in [0, 0.05) is 30.5 Å². The summed E-state index contributed by atoms with van der Waals surface area (Å²) >= 11 is 0. The van der Waals surface area contributed by atoms with Crippen molar-refractivity contribution in [3.05, 3.63) is 42.2 Å². The fourth-order valence-electron chi connectivity index (χ4n) is 2.83. The molecule has 1 heterocycles. The number of amides is 1. The molecule has 1 aliphatic carbocycles. The highest BCUT2D eigenvalue weighted by Crippen LogP contribution is 2.33. The molecule has 1 amide bonds. The lowest BCUT2D eigenvalue weighted by Crippen LogP contribution is -2.37. The maximum atomic E-state index is 13.0. The first-order valence-electron chi connectivity index (χ1n) is 8.14. The van der Waals surface area contributed by atoms with Crippen molar-refractivity contribution in [3.63, 3.8) is 0 Å². The van der Waals surface area contributed by atoms with E-state index in [1.807, 2.05) is 42.3 Å². The molecule has 1 fully saturated rings. The highest BCUT2D eigenvalue weighted by Gasteiger charge is 2.35. The topological polar surface area (TPSA) is 56.6 Å². The lowest BCUT2D eigenvalue weighted by Gasteiger charge is -2.27. The monoisotopic (exact) mass is 329 g/mol. The van der Waals surface area contributed by atoms with E-state index in [2.05, 4.69) is 5.10 Å². The zero-order valence-corrected chi connectivity index (χ0v) is 14.3. The third kappa shape index (κ3) is 3.37. The molecule has 24 heavy (non-hydrogen) atoms. The highest BCUT2D eigenvalue weighted by molar-refractivity contribution is 5.80. The number of ether oxygens (including phenoxy) is 2. The van der Waals surface area contributed by atoms with Crippen LogP contribution in [0.5, 0.6) is 11.5 Å². The third-order valence-electron chi connectivity index (χ3n) is 4.38. The van der Waals surface area contributed by atoms with Gasteiger partial charge in [0.2, 0.25) is 5.91 Å². The molecule has 6 nitrogen and oxygen atoms in total. The van der Waals surface area contributed by atoms with E-state index in [1.54, 1.807) is 25.1 Å². The van der Waals surface area contributed by atoms with Gasteiger partial charge in [-0.2, -0.15) is 5.10 Å². The van der Waals surface area contributed by atoms with Gasteiger partial charge >= 0.3 is 0 Å². The number of methoxy groups -OCH3 is 2. The first-order chi connectivity index (χ1) is 11.6. The van der Waals surface area contributed by atoms with Gasteiger partial charge in [-0.3, -0.25) is 9.48 Å². The molecule has 1 aromatic heterocycles. The predicted octanol–water partition coefficient (Wildman–Crippen LogP) is 2.65. The molecular weight excluding hydrogens is 306 g/mol. The fourth-order valence-corrected chi connectivity index (χ4v) is 2.83. The van der Waals surface area contributed by atoms with Gasteiger partial charge in [0.15, 0.2) is 0 Å². The van der Waals surface area contributed by atoms with Gasteiger partial charge in [0.25, 0.3) is 0 Å². The van der Waals surface area contributed by atoms with E-state index in [0.29, 0.717) is 12.6 Å². The molecule has 1 aliphatic rings. The number of carbonyl (C=O) groups excluding carboxylic acids is 1. The van der Waals surface area contributed by atoms with E-state index in [0.717, 1.165) is 29.9 Å². The van der Waals surface area contributed by atoms with Crippen LogP contribution < -0.4 is 9.47 Å². The maximum absolute atomic E-state index is 13.0. The van der Waals surface area contributed by atoms with Gasteiger partial charge in [0.05, 0.1) is 14.2 Å². The summed E-state index contributed by atoms with van der Waals surface area (Å²) in [5.74, 6) is 1.60. The summed E-state index contributed by atoms with van der Waals surface area (Å²) < 4.78 is 12.4. The quantitative estimate of drug-likeness (QED) is 0.783. The Morgan fingerprint density at radius 3 is 2.75 bits per heavy atom. The number of benzene rings is 1. The van der Waals surface area contributed by atoms with Crippen LogP contribution in [0.1, 0.15) is 31.4 Å². The average Bonchev–Trinajstić information content (AvgIpc) is 3.31. The van der Waals surface area contributed by atoms with Crippen molar-refractivity contribution < 1.29 is 14.3 Å². The second kappa shape index (κ2) is 6.95. The Labute approximate surface area is 142 Å². The Balaban J connectivity index is 1.83. The summed E-state index contributed by atoms with van der Waals surface area (Å²) in [5, 5.41) is 4.19. The zero-order valence-electron chi connectivity index (χ0n) is 14.3. The summed E-state index contributed by atoms with van der Waals surface area (Å²) in [6.07, 6.45) is 5.60. The van der Waals surface area contributed by atoms with E-state index in [9.17, 15) is 4.79 Å². The van der Waals surface area contributed by atoms with Gasteiger partial charge in [0.1, 0.15) is 17.5 Å². The molecule has 0 radical (unpaired) electrons. The molecule has 1 aromatic carbocycles. The Bertz CT molecular complexity index is 696. The molecule has 1 unspecified atom stereocenters. The molecule has 0 aliphatic heterocycles. The summed E-state index contributed by atoms with van der Waals surface area (Å²) in [4.78, 5) is 14.9. The van der Waals surface area contributed by atoms with Crippen LogP contribution in [0.2, 0.25) is 0 Å². The lowest BCUT2D eigenvalue weighted by atomic mass is 10.1. The van der Waals surface area contributed by atoms with E-state index in [-0.39, 0.29) is 11.9 Å². The molecule has 3 rings (SSSR count). The van der Waals surface area contributed by atoms with Gasteiger partial charge in [-0.05, 0) is 44.0 Å². The number of nitrogens with zero attached hydrogens (tertiary/aromatic N) is 3. The Kier molecular flexibility index (Phi) is 4.74. The summed E-state index contributed by atoms with van der Waals surface area (Å²) in [6.45, 7) is 2.39. The fraction of sp³-hybridized carbons (Fsp3) is 0.444. The molecule has 1 saturated carbocycles. The van der Waals surface area contributed by atoms with E-state index in [1.165, 1.54) is 0 Å². The molecule has 0 N–H and O–H groups in total. The molecule has 6 heteroatoms. The Morgan fingerprint density at radius 2 is 2.17 bits per heavy atom. The third-order valence-corrected chi connectivity index (χ3v) is 4.38. The molecule has 0 saturated heterocycles. The smallest absolute Gasteiger partial charge is 0.247 e. The summed E-state index contributed by atoms with van der Waals surface area (Å²) in [7, 11) is 3.27. The molecule has 0 spiro atoms. The largest absolute Gasteiger partial charge is 0.497 e. The van der Waals surface area contributed by atoms with Crippen LogP contribution in [0.4, 0.5) is 0 Å². The Morgan fingerprint density at radius 1 is 1.38 bits per heavy atom. The van der Waals surface area contributed by atoms with Crippen LogP contribution in [-0.4, -0.2) is 40.8 Å². The van der Waals surface area contributed by atoms with Crippen LogP contribution in [0, 0.1) is 0 Å². The predicted molar refractivity (Wildman–Crippen MR) is 90.1 cm³/mol. The van der Waals surface area contributed by atoms with Crippen LogP contribution >= 0.6 is 0 Å². The van der Waals surface area contributed by atoms with Gasteiger partial charge in [-0.15, -0.1) is 0 Å². The van der Waals surface area contributed by atoms with Crippen molar-refractivity contribution in [2.75, 3.05) is 14.2 Å². The summed E-state index contributed by atoms with van der Waals surface area (Å²) in [5.41, 5.74) is 0.949. The zero-order chi connectivity index (χ0) is 17.1. The van der Waals surface area contributed by atoms with Crippen molar-refractivity contribution in [2.45, 2.75) is 38.4 Å². The average molecular weight is 329 g/mol. The van der Waals surface area contributed by atoms with Crippen molar-refractivity contribution in [2.24, 2.45) is 0 Å². The van der Waals surface area contributed by atoms with Crippen molar-refractivity contribution in [1.82, 2.24) is 14.7 Å². The number of hydrogen-bond donors (Lipinski definition) is 0. The van der Waals surface area contributed by atoms with Crippen LogP contribution in [0.3, 0.4) is 0 Å². The van der Waals surface area contributed by atoms with Crippen LogP contribution in [-0.2, 0) is 11.3 Å². The highest BCUT2D eigenvalue weighted by atomic mass is 16.5. The normalized spacial score (nSPS) is 15.0. The minimum atomic E-state index is -0.322. The van der Waals surface area contributed by atoms with Crippen molar-refractivity contribution >= 4 is 5.91 Å². The number of carbonyl (C=O) groups is 1. The van der Waals surface area contributed by atoms with E-state index >= 15 is 0 Å². The molecule has 1 atom stereocenters. The molecule has 0 bridgehead atoms. The van der Waals surface area contributed by atoms with Crippen LogP contribution in [0.15, 0.2) is 36.7 Å². The SMILES string of the molecule is COc1ccc(OC)c(CN(C(=O)C(C)n2cccn2)C2CC2)c1. The van der Waals surface area contributed by atoms with E-state index in [4.69, 9.17) is 9.47 Å². The van der Waals surface area contributed by atoms with Gasteiger partial charge in [-0.1, -0.05) is 0 Å². The molecule has 128 valence electrons. The second-order valence-electron chi connectivity index (χ2n) is 6.04. The number of hydrogen-bond acceptors (Lipinski definition) is 4. The lowest BCUT2D eigenvalue weighted by molar-refractivity contribution is -0.135. The summed E-state index contributed by atoms with van der Waals surface area (Å²) in [6, 6.07) is 7.47. The van der Waals surface area contributed by atoms with Crippen LogP contribution in [0.25, 0.3) is 0 Å². The van der Waals surface area contributed by atoms with Gasteiger partial charge in [-0.25, -0.2) is 0 Å². The van der Waals surface area contributed by atoms with Gasteiger partial charge < -0.3 is 14.4 Å².